The molecule has 11 nitrogen and oxygen atoms in total. The van der Waals surface area contributed by atoms with Gasteiger partial charge < -0.3 is 24.8 Å². The number of aliphatic carboxylic acids is 1. The van der Waals surface area contributed by atoms with Crippen LogP contribution in [0.1, 0.15) is 12.8 Å². The molecule has 0 spiro atoms. The van der Waals surface area contributed by atoms with Gasteiger partial charge in [0.25, 0.3) is 12.4 Å². The minimum absolute atomic E-state index is 0.0300. The van der Waals surface area contributed by atoms with Crippen LogP contribution in [0.3, 0.4) is 0 Å². The van der Waals surface area contributed by atoms with Crippen LogP contribution in [-0.2, 0) is 35.1 Å². The zero-order valence-electron chi connectivity index (χ0n) is 14.1. The fourth-order valence-corrected chi connectivity index (χ4v) is 5.56. The summed E-state index contributed by atoms with van der Waals surface area (Å²) in [5.74, 6) is -2.36. The summed E-state index contributed by atoms with van der Waals surface area (Å²) in [5.41, 5.74) is -0.369. The molecule has 148 valence electrons. The SMILES string of the molecule is O=CNC1C(=O)N2C(C(=O)O)=C(C(OC=O)N3CCC[C@H]3CO)C[S+]([O-])[C@@H]12. The lowest BCUT2D eigenvalue weighted by atomic mass is 10.0. The Kier molecular flexibility index (Phi) is 5.69. The van der Waals surface area contributed by atoms with Crippen LogP contribution in [-0.4, -0.2) is 91.9 Å². The number of rotatable bonds is 8. The monoisotopic (exact) mass is 401 g/mol. The highest BCUT2D eigenvalue weighted by Crippen LogP contribution is 2.39. The summed E-state index contributed by atoms with van der Waals surface area (Å²) in [6.45, 7) is 0.390. The molecule has 0 aromatic heterocycles. The van der Waals surface area contributed by atoms with E-state index in [1.165, 1.54) is 0 Å². The fourth-order valence-electron chi connectivity index (χ4n) is 3.86. The number of amides is 2. The van der Waals surface area contributed by atoms with Gasteiger partial charge in [-0.2, -0.15) is 0 Å². The van der Waals surface area contributed by atoms with Crippen LogP contribution >= 0.6 is 0 Å². The van der Waals surface area contributed by atoms with Crippen molar-refractivity contribution >= 4 is 35.9 Å². The summed E-state index contributed by atoms with van der Waals surface area (Å²) in [6, 6.07) is -1.40. The number of carboxylic acid groups (broad SMARTS) is 1. The van der Waals surface area contributed by atoms with Crippen molar-refractivity contribution in [3.63, 3.8) is 0 Å². The maximum Gasteiger partial charge on any atom is 0.353 e. The summed E-state index contributed by atoms with van der Waals surface area (Å²) in [5, 5.41) is 20.5. The minimum atomic E-state index is -1.71. The second-order valence-electron chi connectivity index (χ2n) is 6.37. The number of carboxylic acids is 1. The van der Waals surface area contributed by atoms with Gasteiger partial charge in [0.15, 0.2) is 12.3 Å². The molecule has 0 aromatic carbocycles. The number of ether oxygens (including phenoxy) is 1. The normalized spacial score (nSPS) is 31.8. The van der Waals surface area contributed by atoms with E-state index in [4.69, 9.17) is 4.74 Å². The topological polar surface area (TPSA) is 160 Å². The maximum absolute atomic E-state index is 12.7. The highest BCUT2D eigenvalue weighted by molar-refractivity contribution is 7.92. The van der Waals surface area contributed by atoms with Crippen LogP contribution in [0.5, 0.6) is 0 Å². The number of fused-ring (bicyclic) bond motifs is 1. The second-order valence-corrected chi connectivity index (χ2v) is 7.90. The second kappa shape index (κ2) is 7.84. The number of nitrogens with one attached hydrogen (secondary N) is 1. The Morgan fingerprint density at radius 3 is 2.81 bits per heavy atom. The number of carbonyl (C=O) groups excluding carboxylic acids is 3. The zero-order valence-corrected chi connectivity index (χ0v) is 15.0. The first-order chi connectivity index (χ1) is 13.0. The Labute approximate surface area is 157 Å². The Bertz CT molecular complexity index is 686. The van der Waals surface area contributed by atoms with Crippen molar-refractivity contribution in [3.8, 4) is 0 Å². The fraction of sp³-hybridized carbons (Fsp3) is 0.600. The third kappa shape index (κ3) is 3.18. The first kappa shape index (κ1) is 19.6. The molecule has 12 heteroatoms. The van der Waals surface area contributed by atoms with E-state index in [1.54, 1.807) is 4.90 Å². The molecule has 3 aliphatic rings. The molecule has 2 amide bonds. The van der Waals surface area contributed by atoms with Gasteiger partial charge in [-0.25, -0.2) is 4.79 Å². The van der Waals surface area contributed by atoms with Crippen LogP contribution < -0.4 is 5.32 Å². The van der Waals surface area contributed by atoms with E-state index < -0.39 is 46.4 Å². The third-order valence-electron chi connectivity index (χ3n) is 5.02. The predicted octanol–water partition coefficient (Wildman–Crippen LogP) is -2.67. The van der Waals surface area contributed by atoms with E-state index in [2.05, 4.69) is 5.32 Å². The van der Waals surface area contributed by atoms with E-state index in [-0.39, 0.29) is 30.4 Å². The summed E-state index contributed by atoms with van der Waals surface area (Å²) in [4.78, 5) is 48.4. The van der Waals surface area contributed by atoms with Crippen molar-refractivity contribution in [2.75, 3.05) is 18.9 Å². The number of hydrogen-bond acceptors (Lipinski definition) is 8. The molecular weight excluding hydrogens is 382 g/mol. The van der Waals surface area contributed by atoms with Gasteiger partial charge in [-0.1, -0.05) is 0 Å². The quantitative estimate of drug-likeness (QED) is 0.224. The predicted molar refractivity (Wildman–Crippen MR) is 89.0 cm³/mol. The highest BCUT2D eigenvalue weighted by atomic mass is 32.2. The van der Waals surface area contributed by atoms with Gasteiger partial charge in [0, 0.05) is 12.6 Å². The molecule has 2 saturated heterocycles. The standard InChI is InChI=1S/C15H19N3O8S/c19-4-8-2-1-3-17(8)13(26-7-21)9-5-27(25)14-10(16-6-20)12(22)18(14)11(9)15(23)24/h6-8,10,13-14,19H,1-5H2,(H,16,20)(H,23,24)/t8-,10?,13?,14-,27?/m0/s1. The molecule has 27 heavy (non-hydrogen) atoms. The highest BCUT2D eigenvalue weighted by Gasteiger charge is 2.61. The summed E-state index contributed by atoms with van der Waals surface area (Å²) >= 11 is -1.71. The molecule has 3 heterocycles. The number of aliphatic hydroxyl groups is 1. The summed E-state index contributed by atoms with van der Waals surface area (Å²) < 4.78 is 17.8. The number of hydrogen-bond donors (Lipinski definition) is 3. The molecule has 3 rings (SSSR count). The molecule has 2 fully saturated rings. The molecule has 3 unspecified atom stereocenters. The van der Waals surface area contributed by atoms with Gasteiger partial charge >= 0.3 is 5.97 Å². The molecule has 0 aliphatic carbocycles. The molecule has 0 aromatic rings. The van der Waals surface area contributed by atoms with Crippen LogP contribution in [0, 0.1) is 0 Å². The van der Waals surface area contributed by atoms with Gasteiger partial charge in [0.05, 0.1) is 12.2 Å². The average Bonchev–Trinajstić information content (AvgIpc) is 3.11. The van der Waals surface area contributed by atoms with Crippen LogP contribution in [0.4, 0.5) is 0 Å². The summed E-state index contributed by atoms with van der Waals surface area (Å²) in [6.07, 6.45) is 0.485. The van der Waals surface area contributed by atoms with E-state index in [1.807, 2.05) is 0 Å². The van der Waals surface area contributed by atoms with Crippen molar-refractivity contribution in [1.29, 1.82) is 0 Å². The van der Waals surface area contributed by atoms with Crippen molar-refractivity contribution in [1.82, 2.24) is 15.1 Å². The Morgan fingerprint density at radius 2 is 2.22 bits per heavy atom. The van der Waals surface area contributed by atoms with E-state index in [0.29, 0.717) is 25.8 Å². The maximum atomic E-state index is 12.7. The molecule has 5 atom stereocenters. The van der Waals surface area contributed by atoms with Crippen LogP contribution in [0.2, 0.25) is 0 Å². The van der Waals surface area contributed by atoms with Gasteiger partial charge in [0.2, 0.25) is 11.8 Å². The van der Waals surface area contributed by atoms with Gasteiger partial charge in [-0.15, -0.1) is 0 Å². The van der Waals surface area contributed by atoms with Crippen LogP contribution in [0.25, 0.3) is 0 Å². The lowest BCUT2D eigenvalue weighted by molar-refractivity contribution is -0.151. The smallest absolute Gasteiger partial charge is 0.353 e. The number of likely N-dealkylation sites (tertiary alicyclic amines) is 1. The van der Waals surface area contributed by atoms with Crippen molar-refractivity contribution in [3.05, 3.63) is 11.3 Å². The molecule has 0 saturated carbocycles. The first-order valence-corrected chi connectivity index (χ1v) is 9.66. The van der Waals surface area contributed by atoms with Crippen molar-refractivity contribution in [2.45, 2.75) is 36.5 Å². The Morgan fingerprint density at radius 1 is 1.48 bits per heavy atom. The number of β-lactam (4-membered cyclic amide) rings is 1. The zero-order chi connectivity index (χ0) is 19.7. The number of aliphatic hydroxyl groups excluding tert-OH is 1. The third-order valence-corrected chi connectivity index (χ3v) is 6.64. The molecule has 0 radical (unpaired) electrons. The molecule has 0 bridgehead atoms. The number of carbonyl (C=O) groups is 4. The Hall–Kier alpha value is -2.15. The largest absolute Gasteiger partial charge is 0.614 e. The molecular formula is C15H19N3O8S. The molecule has 3 aliphatic heterocycles. The van der Waals surface area contributed by atoms with Crippen LogP contribution in [0.15, 0.2) is 11.3 Å². The van der Waals surface area contributed by atoms with Gasteiger partial charge in [0.1, 0.15) is 11.4 Å². The Balaban J connectivity index is 2.02. The first-order valence-electron chi connectivity index (χ1n) is 8.28. The lowest BCUT2D eigenvalue weighted by Crippen LogP contribution is -2.74. The van der Waals surface area contributed by atoms with E-state index in [9.17, 15) is 33.9 Å². The lowest BCUT2D eigenvalue weighted by Gasteiger charge is -2.49. The molecule has 3 N–H and O–H groups in total. The average molecular weight is 401 g/mol. The van der Waals surface area contributed by atoms with Gasteiger partial charge in [-0.05, 0) is 24.0 Å². The number of nitrogens with zero attached hydrogens (tertiary/aromatic N) is 2. The van der Waals surface area contributed by atoms with E-state index >= 15 is 0 Å². The van der Waals surface area contributed by atoms with Crippen molar-refractivity contribution < 1.29 is 38.7 Å². The summed E-state index contributed by atoms with van der Waals surface area (Å²) in [7, 11) is 0. The van der Waals surface area contributed by atoms with Crippen molar-refractivity contribution in [2.24, 2.45) is 0 Å². The van der Waals surface area contributed by atoms with E-state index in [0.717, 1.165) is 4.90 Å². The minimum Gasteiger partial charge on any atom is -0.614 e. The van der Waals surface area contributed by atoms with Gasteiger partial charge in [-0.3, -0.25) is 24.2 Å².